The van der Waals surface area contributed by atoms with Gasteiger partial charge in [-0.3, -0.25) is 19.3 Å². The van der Waals surface area contributed by atoms with Crippen LogP contribution in [0.1, 0.15) is 28.4 Å². The predicted octanol–water partition coefficient (Wildman–Crippen LogP) is 4.15. The van der Waals surface area contributed by atoms with Crippen LogP contribution in [0, 0.1) is 0 Å². The molecule has 0 saturated carbocycles. The van der Waals surface area contributed by atoms with Crippen LogP contribution in [-0.2, 0) is 36.4 Å². The van der Waals surface area contributed by atoms with Gasteiger partial charge in [0.15, 0.2) is 6.10 Å². The fraction of sp³-hybridized carbons (Fsp3) is 0.133. The third-order valence-electron chi connectivity index (χ3n) is 6.08. The van der Waals surface area contributed by atoms with Crippen molar-refractivity contribution in [3.05, 3.63) is 131 Å². The lowest BCUT2D eigenvalue weighted by Crippen LogP contribution is -2.50. The highest BCUT2D eigenvalue weighted by molar-refractivity contribution is 7.31. The fourth-order valence-corrected chi connectivity index (χ4v) is 4.72. The number of rotatable bonds is 14. The Labute approximate surface area is 254 Å². The molecule has 0 aliphatic heterocycles. The van der Waals surface area contributed by atoms with Gasteiger partial charge in [-0.05, 0) is 43.5 Å². The number of ether oxygens (including phenoxy) is 2. The second-order valence-corrected chi connectivity index (χ2v) is 10.4. The van der Waals surface area contributed by atoms with Crippen LogP contribution < -0.4 is 29.7 Å². The van der Waals surface area contributed by atoms with E-state index in [1.54, 1.807) is 72.8 Å². The third-order valence-corrected chi connectivity index (χ3v) is 6.77. The number of amides is 1. The van der Waals surface area contributed by atoms with Crippen molar-refractivity contribution in [1.82, 2.24) is 10.9 Å². The van der Waals surface area contributed by atoms with Crippen molar-refractivity contribution in [2.24, 2.45) is 0 Å². The van der Waals surface area contributed by atoms with Crippen molar-refractivity contribution in [3.8, 4) is 11.5 Å². The highest BCUT2D eigenvalue weighted by Crippen LogP contribution is 2.36. The van der Waals surface area contributed by atoms with E-state index in [0.717, 1.165) is 5.56 Å². The van der Waals surface area contributed by atoms with Crippen LogP contribution in [0.2, 0.25) is 0 Å². The van der Waals surface area contributed by atoms with Crippen molar-refractivity contribution in [2.75, 3.05) is 0 Å². The zero-order chi connectivity index (χ0) is 31.3. The molecule has 0 aliphatic rings. The largest absolute Gasteiger partial charge is 0.558 e. The second kappa shape index (κ2) is 16.2. The summed E-state index contributed by atoms with van der Waals surface area (Å²) in [5.74, 6) is -1.55. The molecule has 2 unspecified atom stereocenters. The molecule has 4 aromatic carbocycles. The molecule has 0 aromatic heterocycles. The Morgan fingerprint density at radius 1 is 0.705 bits per heavy atom. The molecule has 4 rings (SSSR count). The van der Waals surface area contributed by atoms with Gasteiger partial charge < -0.3 is 19.3 Å². The van der Waals surface area contributed by atoms with Gasteiger partial charge in [0, 0.05) is 6.42 Å². The molecule has 0 bridgehead atoms. The molecule has 0 heterocycles. The van der Waals surface area contributed by atoms with Crippen molar-refractivity contribution < 1.29 is 47.0 Å². The maximum absolute atomic E-state index is 13.7. The molecule has 2 N–H and O–H groups in total. The van der Waals surface area contributed by atoms with Crippen LogP contribution in [0.3, 0.4) is 0 Å². The number of hydrazine groups is 1. The summed E-state index contributed by atoms with van der Waals surface area (Å²) in [5.41, 5.74) is 7.44. The van der Waals surface area contributed by atoms with Crippen LogP contribution in [0.25, 0.3) is 0 Å². The van der Waals surface area contributed by atoms with Crippen molar-refractivity contribution in [2.45, 2.75) is 25.2 Å². The number of esters is 1. The summed E-state index contributed by atoms with van der Waals surface area (Å²) in [7, 11) is -6.79. The van der Waals surface area contributed by atoms with E-state index in [4.69, 9.17) is 14.0 Å². The highest BCUT2D eigenvalue weighted by atomic mass is 31.1. The third kappa shape index (κ3) is 9.95. The summed E-state index contributed by atoms with van der Waals surface area (Å²) in [5, 5.41) is 0. The average Bonchev–Trinajstić information content (AvgIpc) is 3.02. The summed E-state index contributed by atoms with van der Waals surface area (Å²) < 4.78 is 42.8. The van der Waals surface area contributed by atoms with Gasteiger partial charge in [-0.2, -0.15) is 0 Å². The molecule has 0 saturated heterocycles. The Hall–Kier alpha value is -4.70. The van der Waals surface area contributed by atoms with Crippen molar-refractivity contribution in [3.63, 3.8) is 0 Å². The van der Waals surface area contributed by atoms with Crippen LogP contribution in [0.15, 0.2) is 109 Å². The zero-order valence-corrected chi connectivity index (χ0v) is 24.7. The summed E-state index contributed by atoms with van der Waals surface area (Å²) in [6, 6.07) is 29.6. The minimum atomic E-state index is -3.42. The molecule has 14 heteroatoms. The standard InChI is InChI=1S/C30H26N2O10P2/c33-29(40-28(23-12-6-2-7-13-23)24-14-8-3-9-15-24)25(31-32-30(34)39-20-21-10-4-1-5-11-21)18-22-16-17-26(41-43(35)36)27(19-22)42-44(37)38/h1-17,19,25,28,31H,18,20H2,(H,32,34)/t25-/m0/s1. The van der Waals surface area contributed by atoms with Crippen LogP contribution >= 0.6 is 16.5 Å². The average molecular weight is 636 g/mol. The molecule has 4 aromatic rings. The van der Waals surface area contributed by atoms with Crippen molar-refractivity contribution in [1.29, 1.82) is 0 Å². The fourth-order valence-electron chi connectivity index (χ4n) is 4.10. The second-order valence-electron chi connectivity index (χ2n) is 9.14. The van der Waals surface area contributed by atoms with E-state index < -0.39 is 46.5 Å². The number of hydrogen-bond acceptors (Lipinski definition) is 11. The van der Waals surface area contributed by atoms with Gasteiger partial charge in [0.1, 0.15) is 12.6 Å². The Morgan fingerprint density at radius 2 is 1.25 bits per heavy atom. The quantitative estimate of drug-likeness (QED) is 0.116. The van der Waals surface area contributed by atoms with Crippen LogP contribution in [-0.4, -0.2) is 18.1 Å². The lowest BCUT2D eigenvalue weighted by Gasteiger charge is -2.24. The number of carbonyl (C=O) groups is 2. The van der Waals surface area contributed by atoms with Gasteiger partial charge in [0.2, 0.25) is 11.5 Å². The van der Waals surface area contributed by atoms with Gasteiger partial charge in [0.05, 0.1) is 0 Å². The topological polar surface area (TPSA) is 175 Å². The molecule has 0 spiro atoms. The minimum Gasteiger partial charge on any atom is -0.558 e. The number of hydrogen-bond donors (Lipinski definition) is 2. The molecular formula is C30H26N2O10P2. The highest BCUT2D eigenvalue weighted by Gasteiger charge is 2.28. The Kier molecular flexibility index (Phi) is 11.9. The van der Waals surface area contributed by atoms with Crippen LogP contribution in [0.4, 0.5) is 4.79 Å². The molecule has 12 nitrogen and oxygen atoms in total. The Morgan fingerprint density at radius 3 is 1.82 bits per heavy atom. The number of carbonyl (C=O) groups excluding carboxylic acids is 2. The van der Waals surface area contributed by atoms with Crippen LogP contribution in [0.5, 0.6) is 11.5 Å². The summed E-state index contributed by atoms with van der Waals surface area (Å²) >= 11 is 0. The maximum Gasteiger partial charge on any atom is 0.539 e. The zero-order valence-electron chi connectivity index (χ0n) is 22.9. The van der Waals surface area contributed by atoms with E-state index in [0.29, 0.717) is 16.7 Å². The summed E-state index contributed by atoms with van der Waals surface area (Å²) in [6.45, 7) is -0.0228. The smallest absolute Gasteiger partial charge is 0.539 e. The predicted molar refractivity (Wildman–Crippen MR) is 154 cm³/mol. The lowest BCUT2D eigenvalue weighted by molar-refractivity contribution is -0.181. The first-order chi connectivity index (χ1) is 21.3. The molecule has 1 amide bonds. The first-order valence-corrected chi connectivity index (χ1v) is 15.3. The van der Waals surface area contributed by atoms with E-state index in [-0.39, 0.29) is 18.8 Å². The normalized spacial score (nSPS) is 12.1. The van der Waals surface area contributed by atoms with E-state index >= 15 is 0 Å². The van der Waals surface area contributed by atoms with E-state index in [1.165, 1.54) is 18.2 Å². The molecule has 0 radical (unpaired) electrons. The minimum absolute atomic E-state index is 0.0228. The van der Waals surface area contributed by atoms with Gasteiger partial charge >= 0.3 is 28.6 Å². The molecule has 0 fully saturated rings. The number of benzene rings is 4. The SMILES string of the molecule is O=C(NN[C@@H](Cc1ccc(O[P+](=O)[O-])c(O[P+](=O)[O-])c1)C(=O)OC(c1ccccc1)c1ccccc1)OCc1ccccc1. The molecule has 3 atom stereocenters. The first-order valence-electron chi connectivity index (χ1n) is 13.1. The number of nitrogens with one attached hydrogen (secondary N) is 2. The Bertz CT molecular complexity index is 1540. The van der Waals surface area contributed by atoms with Gasteiger partial charge in [-0.15, -0.1) is 0 Å². The summed E-state index contributed by atoms with van der Waals surface area (Å²) in [6.07, 6.45) is -1.83. The molecule has 226 valence electrons. The lowest BCUT2D eigenvalue weighted by atomic mass is 10.0. The Balaban J connectivity index is 1.57. The first kappa shape index (κ1) is 32.2. The van der Waals surface area contributed by atoms with Gasteiger partial charge in [-0.1, -0.05) is 97.1 Å². The van der Waals surface area contributed by atoms with E-state index in [9.17, 15) is 28.5 Å². The van der Waals surface area contributed by atoms with Gasteiger partial charge in [0.25, 0.3) is 0 Å². The van der Waals surface area contributed by atoms with Crippen molar-refractivity contribution >= 4 is 28.6 Å². The van der Waals surface area contributed by atoms with E-state index in [2.05, 4.69) is 15.4 Å². The molecule has 0 aliphatic carbocycles. The van der Waals surface area contributed by atoms with E-state index in [1.807, 2.05) is 18.2 Å². The summed E-state index contributed by atoms with van der Waals surface area (Å²) in [4.78, 5) is 48.5. The molecular weight excluding hydrogens is 610 g/mol. The maximum atomic E-state index is 13.7. The monoisotopic (exact) mass is 636 g/mol. The van der Waals surface area contributed by atoms with Gasteiger partial charge in [-0.25, -0.2) is 10.2 Å². The molecule has 44 heavy (non-hydrogen) atoms.